The second-order valence-corrected chi connectivity index (χ2v) is 11.2. The van der Waals surface area contributed by atoms with Crippen molar-refractivity contribution in [2.75, 3.05) is 32.7 Å². The van der Waals surface area contributed by atoms with Gasteiger partial charge in [0.1, 0.15) is 0 Å². The van der Waals surface area contributed by atoms with Crippen LogP contribution in [0.1, 0.15) is 54.4 Å². The first-order valence-corrected chi connectivity index (χ1v) is 13.5. The summed E-state index contributed by atoms with van der Waals surface area (Å²) in [6, 6.07) is 15.6. The van der Waals surface area contributed by atoms with Crippen molar-refractivity contribution in [1.82, 2.24) is 9.80 Å². The first-order chi connectivity index (χ1) is 15.5. The smallest absolute Gasteiger partial charge is 0.253 e. The zero-order valence-electron chi connectivity index (χ0n) is 18.8. The van der Waals surface area contributed by atoms with Crippen molar-refractivity contribution in [2.24, 2.45) is 5.92 Å². The molecule has 1 amide bonds. The minimum atomic E-state index is -3.39. The van der Waals surface area contributed by atoms with Crippen LogP contribution in [0, 0.1) is 5.92 Å². The Bertz CT molecular complexity index is 983. The summed E-state index contributed by atoms with van der Waals surface area (Å²) in [5.74, 6) is 0.804. The fourth-order valence-electron chi connectivity index (χ4n) is 4.95. The average Bonchev–Trinajstić information content (AvgIpc) is 3.06. The Morgan fingerprint density at radius 1 is 0.812 bits per heavy atom. The number of nitrogens with zero attached hydrogens (tertiary/aromatic N) is 2. The number of hydrogen-bond donors (Lipinski definition) is 0. The number of hydrogen-bond acceptors (Lipinski definition) is 4. The monoisotopic (exact) mass is 454 g/mol. The van der Waals surface area contributed by atoms with Gasteiger partial charge >= 0.3 is 0 Å². The van der Waals surface area contributed by atoms with E-state index in [0.29, 0.717) is 16.0 Å². The summed E-state index contributed by atoms with van der Waals surface area (Å²) in [5, 5.41) is 0. The van der Waals surface area contributed by atoms with Crippen LogP contribution in [0.3, 0.4) is 0 Å². The topological polar surface area (TPSA) is 57.7 Å². The van der Waals surface area contributed by atoms with Crippen molar-refractivity contribution in [3.05, 3.63) is 65.7 Å². The molecule has 172 valence electrons. The second-order valence-electron chi connectivity index (χ2n) is 9.22. The SMILES string of the molecule is O=C(c1ccc(CS(=O)(=O)c2ccccc2)cc1)N1CCCN(CC2CCCCC2)CC1. The lowest BCUT2D eigenvalue weighted by Crippen LogP contribution is -2.36. The van der Waals surface area contributed by atoms with Gasteiger partial charge in [0.2, 0.25) is 0 Å². The quantitative estimate of drug-likeness (QED) is 0.650. The molecule has 2 aromatic carbocycles. The standard InChI is InChI=1S/C26H34N2O3S/c29-26(28-17-7-16-27(18-19-28)20-22-8-3-1-4-9-22)24-14-12-23(13-15-24)21-32(30,31)25-10-5-2-6-11-25/h2,5-6,10-15,22H,1,3-4,7-9,16-21H2. The van der Waals surface area contributed by atoms with Gasteiger partial charge in [-0.05, 0) is 61.6 Å². The normalized spacial score (nSPS) is 18.9. The number of sulfone groups is 1. The minimum Gasteiger partial charge on any atom is -0.337 e. The molecular weight excluding hydrogens is 420 g/mol. The Morgan fingerprint density at radius 2 is 1.53 bits per heavy atom. The maximum absolute atomic E-state index is 13.1. The highest BCUT2D eigenvalue weighted by molar-refractivity contribution is 7.90. The van der Waals surface area contributed by atoms with Crippen molar-refractivity contribution in [3.63, 3.8) is 0 Å². The molecule has 0 radical (unpaired) electrons. The fraction of sp³-hybridized carbons (Fsp3) is 0.500. The fourth-order valence-corrected chi connectivity index (χ4v) is 6.32. The molecule has 2 aliphatic rings. The molecule has 0 spiro atoms. The second kappa shape index (κ2) is 10.6. The van der Waals surface area contributed by atoms with Gasteiger partial charge in [-0.25, -0.2) is 8.42 Å². The number of amides is 1. The first-order valence-electron chi connectivity index (χ1n) is 11.9. The van der Waals surface area contributed by atoms with E-state index in [-0.39, 0.29) is 11.7 Å². The molecule has 0 bridgehead atoms. The molecule has 0 aromatic heterocycles. The molecule has 2 fully saturated rings. The molecule has 0 unspecified atom stereocenters. The first kappa shape index (κ1) is 23.0. The van der Waals surface area contributed by atoms with E-state index in [1.54, 1.807) is 54.6 Å². The third-order valence-corrected chi connectivity index (χ3v) is 8.48. The highest BCUT2D eigenvalue weighted by Crippen LogP contribution is 2.25. The highest BCUT2D eigenvalue weighted by atomic mass is 32.2. The van der Waals surface area contributed by atoms with Crippen LogP contribution in [-0.2, 0) is 15.6 Å². The molecule has 2 aromatic rings. The van der Waals surface area contributed by atoms with Gasteiger partial charge < -0.3 is 9.80 Å². The van der Waals surface area contributed by atoms with Gasteiger partial charge in [-0.1, -0.05) is 49.6 Å². The molecule has 1 aliphatic carbocycles. The number of benzene rings is 2. The summed E-state index contributed by atoms with van der Waals surface area (Å²) in [6.07, 6.45) is 7.83. The van der Waals surface area contributed by atoms with Gasteiger partial charge in [0.05, 0.1) is 10.6 Å². The zero-order valence-corrected chi connectivity index (χ0v) is 19.6. The zero-order chi connectivity index (χ0) is 22.4. The van der Waals surface area contributed by atoms with E-state index in [4.69, 9.17) is 0 Å². The van der Waals surface area contributed by atoms with Gasteiger partial charge in [-0.2, -0.15) is 0 Å². The Hall–Kier alpha value is -2.18. The molecule has 1 saturated carbocycles. The van der Waals surface area contributed by atoms with Gasteiger partial charge in [0.15, 0.2) is 9.84 Å². The lowest BCUT2D eigenvalue weighted by molar-refractivity contribution is 0.0760. The molecular formula is C26H34N2O3S. The van der Waals surface area contributed by atoms with Crippen LogP contribution >= 0.6 is 0 Å². The molecule has 5 nitrogen and oxygen atoms in total. The highest BCUT2D eigenvalue weighted by Gasteiger charge is 2.23. The third-order valence-electron chi connectivity index (χ3n) is 6.78. The molecule has 1 aliphatic heterocycles. The summed E-state index contributed by atoms with van der Waals surface area (Å²) in [7, 11) is -3.39. The number of carbonyl (C=O) groups excluding carboxylic acids is 1. The Kier molecular flexibility index (Phi) is 7.63. The van der Waals surface area contributed by atoms with Gasteiger partial charge in [0, 0.05) is 31.7 Å². The average molecular weight is 455 g/mol. The van der Waals surface area contributed by atoms with Crippen molar-refractivity contribution in [1.29, 1.82) is 0 Å². The maximum atomic E-state index is 13.1. The van der Waals surface area contributed by atoms with Gasteiger partial charge in [-0.15, -0.1) is 0 Å². The minimum absolute atomic E-state index is 0.0435. The molecule has 1 heterocycles. The van der Waals surface area contributed by atoms with E-state index in [1.807, 2.05) is 4.90 Å². The van der Waals surface area contributed by atoms with Crippen LogP contribution in [0.5, 0.6) is 0 Å². The molecule has 6 heteroatoms. The van der Waals surface area contributed by atoms with Crippen LogP contribution in [0.15, 0.2) is 59.5 Å². The van der Waals surface area contributed by atoms with E-state index in [2.05, 4.69) is 4.90 Å². The summed E-state index contributed by atoms with van der Waals surface area (Å²) >= 11 is 0. The Morgan fingerprint density at radius 3 is 2.25 bits per heavy atom. The van der Waals surface area contributed by atoms with E-state index in [9.17, 15) is 13.2 Å². The van der Waals surface area contributed by atoms with Crippen molar-refractivity contribution >= 4 is 15.7 Å². The molecule has 0 N–H and O–H groups in total. The molecule has 4 rings (SSSR count). The van der Waals surface area contributed by atoms with E-state index < -0.39 is 9.84 Å². The summed E-state index contributed by atoms with van der Waals surface area (Å²) in [6.45, 7) is 4.72. The Balaban J connectivity index is 1.33. The van der Waals surface area contributed by atoms with Crippen molar-refractivity contribution < 1.29 is 13.2 Å². The van der Waals surface area contributed by atoms with Gasteiger partial charge in [0.25, 0.3) is 5.91 Å². The van der Waals surface area contributed by atoms with E-state index >= 15 is 0 Å². The van der Waals surface area contributed by atoms with Crippen LogP contribution in [0.4, 0.5) is 0 Å². The van der Waals surface area contributed by atoms with Crippen LogP contribution < -0.4 is 0 Å². The van der Waals surface area contributed by atoms with Crippen molar-refractivity contribution in [3.8, 4) is 0 Å². The molecule has 0 atom stereocenters. The Labute approximate surface area is 192 Å². The largest absolute Gasteiger partial charge is 0.337 e. The predicted octanol–water partition coefficient (Wildman–Crippen LogP) is 4.39. The lowest BCUT2D eigenvalue weighted by atomic mass is 9.89. The lowest BCUT2D eigenvalue weighted by Gasteiger charge is -2.28. The van der Waals surface area contributed by atoms with Gasteiger partial charge in [-0.3, -0.25) is 4.79 Å². The van der Waals surface area contributed by atoms with Crippen LogP contribution in [0.2, 0.25) is 0 Å². The predicted molar refractivity (Wildman–Crippen MR) is 127 cm³/mol. The number of carbonyl (C=O) groups is 1. The van der Waals surface area contributed by atoms with E-state index in [0.717, 1.165) is 38.5 Å². The third kappa shape index (κ3) is 5.99. The maximum Gasteiger partial charge on any atom is 0.253 e. The van der Waals surface area contributed by atoms with Crippen LogP contribution in [-0.4, -0.2) is 56.8 Å². The number of rotatable bonds is 6. The summed E-state index contributed by atoms with van der Waals surface area (Å²) in [5.41, 5.74) is 1.33. The molecule has 32 heavy (non-hydrogen) atoms. The van der Waals surface area contributed by atoms with Crippen LogP contribution in [0.25, 0.3) is 0 Å². The van der Waals surface area contributed by atoms with Crippen molar-refractivity contribution in [2.45, 2.75) is 49.2 Å². The van der Waals surface area contributed by atoms with E-state index in [1.165, 1.54) is 38.6 Å². The summed E-state index contributed by atoms with van der Waals surface area (Å²) in [4.78, 5) is 17.9. The summed E-state index contributed by atoms with van der Waals surface area (Å²) < 4.78 is 25.2. The molecule has 1 saturated heterocycles.